The first-order chi connectivity index (χ1) is 9.24. The van der Waals surface area contributed by atoms with Crippen LogP contribution in [0.3, 0.4) is 0 Å². The van der Waals surface area contributed by atoms with Crippen molar-refractivity contribution in [2.24, 2.45) is 0 Å². The molecule has 6 heteroatoms. The summed E-state index contributed by atoms with van der Waals surface area (Å²) in [5, 5.41) is 0. The molecule has 0 saturated heterocycles. The lowest BCUT2D eigenvalue weighted by atomic mass is 10.1. The number of nitrogens with zero attached hydrogens (tertiary/aromatic N) is 1. The van der Waals surface area contributed by atoms with E-state index in [-0.39, 0.29) is 17.7 Å². The van der Waals surface area contributed by atoms with Crippen molar-refractivity contribution in [3.63, 3.8) is 0 Å². The molecule has 20 heavy (non-hydrogen) atoms. The molecule has 0 aliphatic rings. The summed E-state index contributed by atoms with van der Waals surface area (Å²) >= 11 is 0. The van der Waals surface area contributed by atoms with Crippen LogP contribution >= 0.6 is 0 Å². The van der Waals surface area contributed by atoms with Crippen LogP contribution in [0.4, 0.5) is 17.6 Å². The molecule has 1 aromatic carbocycles. The van der Waals surface area contributed by atoms with E-state index in [0.717, 1.165) is 11.0 Å². The molecule has 0 spiro atoms. The molecule has 112 valence electrons. The van der Waals surface area contributed by atoms with E-state index < -0.39 is 24.4 Å². The van der Waals surface area contributed by atoms with Gasteiger partial charge in [-0.25, -0.2) is 4.39 Å². The molecule has 1 aromatic rings. The van der Waals surface area contributed by atoms with E-state index in [9.17, 15) is 22.4 Å². The summed E-state index contributed by atoms with van der Waals surface area (Å²) in [6.07, 6.45) is -3.27. The number of carbonyl (C=O) groups excluding carboxylic acids is 1. The molecular weight excluding hydrogens is 274 g/mol. The highest BCUT2D eigenvalue weighted by Gasteiger charge is 2.33. The number of halogens is 4. The zero-order valence-corrected chi connectivity index (χ0v) is 11.4. The minimum atomic E-state index is -4.45. The van der Waals surface area contributed by atoms with E-state index in [1.807, 2.05) is 6.92 Å². The van der Waals surface area contributed by atoms with Crippen LogP contribution in [0.25, 0.3) is 0 Å². The van der Waals surface area contributed by atoms with Gasteiger partial charge in [-0.15, -0.1) is 0 Å². The average Bonchev–Trinajstić information content (AvgIpc) is 2.35. The Morgan fingerprint density at radius 3 is 2.45 bits per heavy atom. The van der Waals surface area contributed by atoms with Gasteiger partial charge in [0.25, 0.3) is 5.91 Å². The number of carbonyl (C=O) groups is 1. The number of alkyl halides is 3. The normalized spacial score (nSPS) is 11.5. The van der Waals surface area contributed by atoms with Crippen LogP contribution in [-0.4, -0.2) is 30.1 Å². The lowest BCUT2D eigenvalue weighted by molar-refractivity contribution is -0.140. The largest absolute Gasteiger partial charge is 0.406 e. The van der Waals surface area contributed by atoms with Crippen LogP contribution in [0.15, 0.2) is 18.2 Å². The highest BCUT2D eigenvalue weighted by atomic mass is 19.4. The highest BCUT2D eigenvalue weighted by molar-refractivity contribution is 5.94. The monoisotopic (exact) mass is 291 g/mol. The fourth-order valence-corrected chi connectivity index (χ4v) is 1.78. The maximum absolute atomic E-state index is 13.1. The summed E-state index contributed by atoms with van der Waals surface area (Å²) in [6.45, 7) is 2.04. The highest BCUT2D eigenvalue weighted by Crippen LogP contribution is 2.19. The molecule has 1 rings (SSSR count). The molecule has 0 fully saturated rings. The van der Waals surface area contributed by atoms with Gasteiger partial charge in [0.05, 0.1) is 0 Å². The lowest BCUT2D eigenvalue weighted by Crippen LogP contribution is -2.39. The number of rotatable bonds is 5. The van der Waals surface area contributed by atoms with Crippen LogP contribution in [0.2, 0.25) is 0 Å². The Kier molecular flexibility index (Phi) is 5.53. The van der Waals surface area contributed by atoms with Gasteiger partial charge >= 0.3 is 6.18 Å². The van der Waals surface area contributed by atoms with Gasteiger partial charge in [-0.2, -0.15) is 13.2 Å². The molecule has 0 aromatic heterocycles. The Hall–Kier alpha value is -1.59. The Morgan fingerprint density at radius 1 is 1.30 bits per heavy atom. The fraction of sp³-hybridized carbons (Fsp3) is 0.500. The third-order valence-electron chi connectivity index (χ3n) is 2.84. The molecule has 1 amide bonds. The molecule has 0 atom stereocenters. The lowest BCUT2D eigenvalue weighted by Gasteiger charge is -2.24. The van der Waals surface area contributed by atoms with E-state index in [1.165, 1.54) is 19.1 Å². The Labute approximate surface area is 115 Å². The van der Waals surface area contributed by atoms with Crippen LogP contribution in [-0.2, 0) is 0 Å². The molecule has 0 unspecified atom stereocenters. The van der Waals surface area contributed by atoms with Crippen molar-refractivity contribution in [2.45, 2.75) is 32.9 Å². The van der Waals surface area contributed by atoms with Crippen molar-refractivity contribution < 1.29 is 22.4 Å². The standard InChI is InChI=1S/C14H17F4NO/c1-3-4-7-19(9-14(16,17)18)13(20)11-5-6-12(15)10(2)8-11/h5-6,8H,3-4,7,9H2,1-2H3. The Bertz CT molecular complexity index is 471. The number of unbranched alkanes of at least 4 members (excludes halogenated alkanes) is 1. The van der Waals surface area contributed by atoms with Gasteiger partial charge in [-0.05, 0) is 37.1 Å². The summed E-state index contributed by atoms with van der Waals surface area (Å²) in [5.41, 5.74) is 0.308. The summed E-state index contributed by atoms with van der Waals surface area (Å²) in [4.78, 5) is 12.9. The summed E-state index contributed by atoms with van der Waals surface area (Å²) in [7, 11) is 0. The van der Waals surface area contributed by atoms with E-state index in [1.54, 1.807) is 0 Å². The minimum Gasteiger partial charge on any atom is -0.330 e. The average molecular weight is 291 g/mol. The predicted molar refractivity (Wildman–Crippen MR) is 68.0 cm³/mol. The summed E-state index contributed by atoms with van der Waals surface area (Å²) in [5.74, 6) is -1.21. The van der Waals surface area contributed by atoms with Gasteiger partial charge in [0.1, 0.15) is 12.4 Å². The predicted octanol–water partition coefficient (Wildman–Crippen LogP) is 3.94. The van der Waals surface area contributed by atoms with E-state index in [0.29, 0.717) is 12.8 Å². The zero-order chi connectivity index (χ0) is 15.3. The van der Waals surface area contributed by atoms with E-state index in [4.69, 9.17) is 0 Å². The van der Waals surface area contributed by atoms with Gasteiger partial charge in [-0.3, -0.25) is 4.79 Å². The fourth-order valence-electron chi connectivity index (χ4n) is 1.78. The van der Waals surface area contributed by atoms with Crippen LogP contribution < -0.4 is 0 Å². The third kappa shape index (κ3) is 4.83. The first kappa shape index (κ1) is 16.5. The number of hydrogen-bond acceptors (Lipinski definition) is 1. The quantitative estimate of drug-likeness (QED) is 0.752. The van der Waals surface area contributed by atoms with Crippen molar-refractivity contribution in [3.05, 3.63) is 35.1 Å². The molecule has 0 aliphatic heterocycles. The van der Waals surface area contributed by atoms with Crippen molar-refractivity contribution in [1.82, 2.24) is 4.90 Å². The van der Waals surface area contributed by atoms with Crippen molar-refractivity contribution in [2.75, 3.05) is 13.1 Å². The second-order valence-electron chi connectivity index (χ2n) is 4.66. The van der Waals surface area contributed by atoms with E-state index >= 15 is 0 Å². The molecule has 2 nitrogen and oxygen atoms in total. The minimum absolute atomic E-state index is 0.0330. The van der Waals surface area contributed by atoms with Crippen LogP contribution in [0, 0.1) is 12.7 Å². The Morgan fingerprint density at radius 2 is 1.95 bits per heavy atom. The molecule has 0 saturated carbocycles. The van der Waals surface area contributed by atoms with Crippen LogP contribution in [0.1, 0.15) is 35.7 Å². The second kappa shape index (κ2) is 6.72. The van der Waals surface area contributed by atoms with Crippen molar-refractivity contribution in [1.29, 1.82) is 0 Å². The summed E-state index contributed by atoms with van der Waals surface area (Å²) in [6, 6.07) is 3.57. The maximum atomic E-state index is 13.1. The molecule has 0 bridgehead atoms. The smallest absolute Gasteiger partial charge is 0.330 e. The van der Waals surface area contributed by atoms with Crippen LogP contribution in [0.5, 0.6) is 0 Å². The number of aryl methyl sites for hydroxylation is 1. The second-order valence-corrected chi connectivity index (χ2v) is 4.66. The molecule has 0 N–H and O–H groups in total. The van der Waals surface area contributed by atoms with Crippen molar-refractivity contribution in [3.8, 4) is 0 Å². The van der Waals surface area contributed by atoms with E-state index in [2.05, 4.69) is 0 Å². The molecule has 0 heterocycles. The molecular formula is C14H17F4NO. The van der Waals surface area contributed by atoms with Crippen molar-refractivity contribution >= 4 is 5.91 Å². The maximum Gasteiger partial charge on any atom is 0.406 e. The van der Waals surface area contributed by atoms with Gasteiger partial charge in [0.15, 0.2) is 0 Å². The first-order valence-electron chi connectivity index (χ1n) is 6.36. The number of hydrogen-bond donors (Lipinski definition) is 0. The zero-order valence-electron chi connectivity index (χ0n) is 11.4. The molecule has 0 aliphatic carbocycles. The van der Waals surface area contributed by atoms with Gasteiger partial charge in [-0.1, -0.05) is 13.3 Å². The third-order valence-corrected chi connectivity index (χ3v) is 2.84. The first-order valence-corrected chi connectivity index (χ1v) is 6.36. The SMILES string of the molecule is CCCCN(CC(F)(F)F)C(=O)c1ccc(F)c(C)c1. The summed E-state index contributed by atoms with van der Waals surface area (Å²) < 4.78 is 50.6. The number of amides is 1. The Balaban J connectivity index is 2.93. The van der Waals surface area contributed by atoms with Gasteiger partial charge in [0.2, 0.25) is 0 Å². The van der Waals surface area contributed by atoms with Gasteiger partial charge in [0, 0.05) is 12.1 Å². The molecule has 0 radical (unpaired) electrons. The van der Waals surface area contributed by atoms with Gasteiger partial charge < -0.3 is 4.90 Å². The number of benzene rings is 1. The topological polar surface area (TPSA) is 20.3 Å².